The van der Waals surface area contributed by atoms with Gasteiger partial charge in [0.2, 0.25) is 0 Å². The van der Waals surface area contributed by atoms with E-state index in [0.29, 0.717) is 0 Å². The van der Waals surface area contributed by atoms with Crippen LogP contribution in [0.25, 0.3) is 0 Å². The van der Waals surface area contributed by atoms with Crippen LogP contribution in [0.15, 0.2) is 12.2 Å². The summed E-state index contributed by atoms with van der Waals surface area (Å²) in [6.45, 7) is 3.42. The molecule has 8 heteroatoms. The fourth-order valence-corrected chi connectivity index (χ4v) is 0.819. The van der Waals surface area contributed by atoms with Gasteiger partial charge in [-0.3, -0.25) is 4.79 Å². The van der Waals surface area contributed by atoms with E-state index in [1.54, 1.807) is 0 Å². The average molecular weight is 300 g/mol. The van der Waals surface area contributed by atoms with Gasteiger partial charge in [0.1, 0.15) is 0 Å². The van der Waals surface area contributed by atoms with Gasteiger partial charge in [-0.15, -0.1) is 0 Å². The van der Waals surface area contributed by atoms with E-state index in [0.717, 1.165) is 0 Å². The quantitative estimate of drug-likeness (QED) is 0.412. The van der Waals surface area contributed by atoms with Crippen LogP contribution in [0.4, 0.5) is 17.6 Å². The molecule has 0 rings (SSSR count). The minimum Gasteiger partial charge on any atom is -0.459 e. The number of carbonyl (C=O) groups excluding carboxylic acids is 2. The highest BCUT2D eigenvalue weighted by molar-refractivity contribution is 5.86. The van der Waals surface area contributed by atoms with Gasteiger partial charge >= 0.3 is 23.8 Å². The molecule has 0 aliphatic heterocycles. The van der Waals surface area contributed by atoms with Gasteiger partial charge in [-0.25, -0.2) is 4.79 Å². The van der Waals surface area contributed by atoms with Crippen LogP contribution in [0, 0.1) is 5.92 Å². The highest BCUT2D eigenvalue weighted by Gasteiger charge is 2.58. The van der Waals surface area contributed by atoms with Crippen LogP contribution in [0.1, 0.15) is 20.8 Å². The molecular weight excluding hydrogens is 284 g/mol. The van der Waals surface area contributed by atoms with Crippen LogP contribution in [0.5, 0.6) is 0 Å². The molecule has 4 nitrogen and oxygen atoms in total. The molecule has 0 aromatic rings. The molecule has 20 heavy (non-hydrogen) atoms. The number of ether oxygens (including phenoxy) is 2. The van der Waals surface area contributed by atoms with Crippen LogP contribution < -0.4 is 0 Å². The van der Waals surface area contributed by atoms with Gasteiger partial charge in [-0.2, -0.15) is 17.6 Å². The average Bonchev–Trinajstić information content (AvgIpc) is 2.32. The third-order valence-corrected chi connectivity index (χ3v) is 2.14. The summed E-state index contributed by atoms with van der Waals surface area (Å²) in [5, 5.41) is 0. The zero-order chi connectivity index (χ0) is 16.1. The minimum absolute atomic E-state index is 0.199. The number of esters is 2. The van der Waals surface area contributed by atoms with Gasteiger partial charge in [0.15, 0.2) is 13.2 Å². The predicted octanol–water partition coefficient (Wildman–Crippen LogP) is 2.58. The van der Waals surface area contributed by atoms with Gasteiger partial charge in [0, 0.05) is 5.57 Å². The molecule has 0 N–H and O–H groups in total. The summed E-state index contributed by atoms with van der Waals surface area (Å²) in [5.41, 5.74) is -0.199. The molecule has 0 radical (unpaired) electrons. The molecule has 0 fully saturated rings. The molecule has 0 amide bonds. The SMILES string of the molecule is C=C(C)C(=O)OCC(F)(F)C(F)(F)COC(=O)C(C)C. The predicted molar refractivity (Wildman–Crippen MR) is 61.5 cm³/mol. The van der Waals surface area contributed by atoms with Crippen LogP contribution in [0.3, 0.4) is 0 Å². The van der Waals surface area contributed by atoms with E-state index in [9.17, 15) is 27.2 Å². The summed E-state index contributed by atoms with van der Waals surface area (Å²) < 4.78 is 61.0. The molecule has 116 valence electrons. The number of hydrogen-bond acceptors (Lipinski definition) is 4. The highest BCUT2D eigenvalue weighted by atomic mass is 19.3. The summed E-state index contributed by atoms with van der Waals surface area (Å²) in [6.07, 6.45) is 0. The summed E-state index contributed by atoms with van der Waals surface area (Å²) in [7, 11) is 0. The maximum absolute atomic E-state index is 13.2. The van der Waals surface area contributed by atoms with E-state index in [1.807, 2.05) is 0 Å². The Bertz CT molecular complexity index is 391. The standard InChI is InChI=1S/C12H16F4O4/c1-7(2)9(17)19-5-11(13,14)12(15,16)6-20-10(18)8(3)4/h8H,1,5-6H2,2-4H3. The largest absolute Gasteiger partial charge is 0.459 e. The first-order chi connectivity index (χ1) is 8.90. The fraction of sp³-hybridized carbons (Fsp3) is 0.667. The molecule has 0 unspecified atom stereocenters. The van der Waals surface area contributed by atoms with E-state index in [1.165, 1.54) is 20.8 Å². The highest BCUT2D eigenvalue weighted by Crippen LogP contribution is 2.35. The topological polar surface area (TPSA) is 52.6 Å². The van der Waals surface area contributed by atoms with E-state index in [4.69, 9.17) is 0 Å². The van der Waals surface area contributed by atoms with Crippen molar-refractivity contribution in [1.29, 1.82) is 0 Å². The Kier molecular flexibility index (Phi) is 6.18. The van der Waals surface area contributed by atoms with Gasteiger partial charge in [0.05, 0.1) is 5.92 Å². The van der Waals surface area contributed by atoms with Crippen molar-refractivity contribution < 1.29 is 36.6 Å². The van der Waals surface area contributed by atoms with Gasteiger partial charge in [-0.1, -0.05) is 20.4 Å². The lowest BCUT2D eigenvalue weighted by atomic mass is 10.2. The maximum Gasteiger partial charge on any atom is 0.346 e. The van der Waals surface area contributed by atoms with Crippen molar-refractivity contribution >= 4 is 11.9 Å². The Morgan fingerprint density at radius 1 is 1.05 bits per heavy atom. The van der Waals surface area contributed by atoms with Crippen LogP contribution in [0.2, 0.25) is 0 Å². The number of carbonyl (C=O) groups is 2. The number of alkyl halides is 4. The zero-order valence-electron chi connectivity index (χ0n) is 11.3. The van der Waals surface area contributed by atoms with Crippen molar-refractivity contribution in [2.24, 2.45) is 5.92 Å². The number of rotatable bonds is 7. The van der Waals surface area contributed by atoms with Crippen LogP contribution >= 0.6 is 0 Å². The lowest BCUT2D eigenvalue weighted by Gasteiger charge is -2.26. The molecule has 0 atom stereocenters. The second kappa shape index (κ2) is 6.71. The fourth-order valence-electron chi connectivity index (χ4n) is 0.819. The second-order valence-corrected chi connectivity index (χ2v) is 4.53. The Morgan fingerprint density at radius 3 is 1.80 bits per heavy atom. The van der Waals surface area contributed by atoms with Crippen LogP contribution in [-0.4, -0.2) is 37.0 Å². The minimum atomic E-state index is -4.66. The summed E-state index contributed by atoms with van der Waals surface area (Å²) in [5.74, 6) is -12.3. The first kappa shape index (κ1) is 18.4. The molecular formula is C12H16F4O4. The molecule has 0 saturated carbocycles. The zero-order valence-corrected chi connectivity index (χ0v) is 11.3. The van der Waals surface area contributed by atoms with Crippen molar-refractivity contribution in [3.63, 3.8) is 0 Å². The number of hydrogen-bond donors (Lipinski definition) is 0. The Morgan fingerprint density at radius 2 is 1.45 bits per heavy atom. The Labute approximate surface area is 113 Å². The first-order valence-corrected chi connectivity index (χ1v) is 5.65. The maximum atomic E-state index is 13.2. The van der Waals surface area contributed by atoms with Gasteiger partial charge < -0.3 is 9.47 Å². The normalized spacial score (nSPS) is 12.2. The molecule has 0 saturated heterocycles. The third-order valence-electron chi connectivity index (χ3n) is 2.14. The van der Waals surface area contributed by atoms with Crippen molar-refractivity contribution in [2.45, 2.75) is 32.6 Å². The van der Waals surface area contributed by atoms with Crippen molar-refractivity contribution in [2.75, 3.05) is 13.2 Å². The van der Waals surface area contributed by atoms with E-state index in [2.05, 4.69) is 16.1 Å². The molecule has 0 aromatic heterocycles. The van der Waals surface area contributed by atoms with E-state index < -0.39 is 42.9 Å². The molecule has 0 spiro atoms. The third kappa shape index (κ3) is 5.18. The smallest absolute Gasteiger partial charge is 0.346 e. The summed E-state index contributed by atoms with van der Waals surface area (Å²) in [6, 6.07) is 0. The van der Waals surface area contributed by atoms with Gasteiger partial charge in [0.25, 0.3) is 0 Å². The second-order valence-electron chi connectivity index (χ2n) is 4.53. The van der Waals surface area contributed by atoms with Gasteiger partial charge in [-0.05, 0) is 6.92 Å². The van der Waals surface area contributed by atoms with Crippen LogP contribution in [-0.2, 0) is 19.1 Å². The van der Waals surface area contributed by atoms with E-state index in [-0.39, 0.29) is 5.57 Å². The molecule has 0 aromatic carbocycles. The van der Waals surface area contributed by atoms with Crippen molar-refractivity contribution in [1.82, 2.24) is 0 Å². The summed E-state index contributed by atoms with van der Waals surface area (Å²) in [4.78, 5) is 21.9. The molecule has 0 bridgehead atoms. The van der Waals surface area contributed by atoms with Crippen molar-refractivity contribution in [3.05, 3.63) is 12.2 Å². The lowest BCUT2D eigenvalue weighted by Crippen LogP contribution is -2.48. The summed E-state index contributed by atoms with van der Waals surface area (Å²) >= 11 is 0. The lowest BCUT2D eigenvalue weighted by molar-refractivity contribution is -0.247. The Hall–Kier alpha value is -1.60. The van der Waals surface area contributed by atoms with Crippen molar-refractivity contribution in [3.8, 4) is 0 Å². The molecule has 0 aliphatic rings. The molecule has 0 heterocycles. The Balaban J connectivity index is 4.60. The number of halogens is 4. The van der Waals surface area contributed by atoms with E-state index >= 15 is 0 Å². The first-order valence-electron chi connectivity index (χ1n) is 5.65. The monoisotopic (exact) mass is 300 g/mol. The molecule has 0 aliphatic carbocycles.